The summed E-state index contributed by atoms with van der Waals surface area (Å²) >= 11 is 1.23. The first kappa shape index (κ1) is 20.3. The Morgan fingerprint density at radius 2 is 2.00 bits per heavy atom. The summed E-state index contributed by atoms with van der Waals surface area (Å²) < 4.78 is 30.7. The SMILES string of the molecule is CCCCC(=O)N=c1sc2cc(S(C)(=O)=O)ccc2n1CCC(=O)OC. The first-order valence-corrected chi connectivity index (χ1v) is 10.9. The van der Waals surface area contributed by atoms with Crippen molar-refractivity contribution in [1.29, 1.82) is 0 Å². The van der Waals surface area contributed by atoms with Gasteiger partial charge in [0.25, 0.3) is 0 Å². The molecule has 2 rings (SSSR count). The lowest BCUT2D eigenvalue weighted by molar-refractivity contribution is -0.140. The van der Waals surface area contributed by atoms with Crippen LogP contribution in [0.25, 0.3) is 10.2 Å². The lowest BCUT2D eigenvalue weighted by atomic mass is 10.2. The average Bonchev–Trinajstić information content (AvgIpc) is 2.93. The number of esters is 1. The number of ether oxygens (including phenoxy) is 1. The molecule has 0 unspecified atom stereocenters. The minimum absolute atomic E-state index is 0.131. The van der Waals surface area contributed by atoms with Crippen LogP contribution in [0.5, 0.6) is 0 Å². The zero-order chi connectivity index (χ0) is 19.3. The standard InChI is InChI=1S/C17H22N2O5S2/c1-4-5-6-15(20)18-17-19(10-9-16(21)24-2)13-8-7-12(26(3,22)23)11-14(13)25-17/h7-8,11H,4-6,9-10H2,1-3H3. The van der Waals surface area contributed by atoms with Gasteiger partial charge >= 0.3 is 5.97 Å². The van der Waals surface area contributed by atoms with E-state index in [0.717, 1.165) is 24.6 Å². The minimum atomic E-state index is -3.34. The van der Waals surface area contributed by atoms with Gasteiger partial charge in [-0.2, -0.15) is 4.99 Å². The fourth-order valence-electron chi connectivity index (χ4n) is 2.38. The summed E-state index contributed by atoms with van der Waals surface area (Å²) in [6.45, 7) is 2.29. The molecule has 7 nitrogen and oxygen atoms in total. The number of thiazole rings is 1. The summed E-state index contributed by atoms with van der Waals surface area (Å²) in [5.74, 6) is -0.596. The number of hydrogen-bond acceptors (Lipinski definition) is 6. The third kappa shape index (κ3) is 5.01. The molecule has 142 valence electrons. The number of sulfone groups is 1. The van der Waals surface area contributed by atoms with E-state index in [4.69, 9.17) is 0 Å². The summed E-state index contributed by atoms with van der Waals surface area (Å²) in [5.41, 5.74) is 0.730. The Hall–Kier alpha value is -2.00. The number of unbranched alkanes of at least 4 members (excludes halogenated alkanes) is 1. The fraction of sp³-hybridized carbons (Fsp3) is 0.471. The van der Waals surface area contributed by atoms with Gasteiger partial charge in [0.2, 0.25) is 5.91 Å². The van der Waals surface area contributed by atoms with Crippen LogP contribution in [-0.4, -0.2) is 38.2 Å². The van der Waals surface area contributed by atoms with Crippen LogP contribution in [0.4, 0.5) is 0 Å². The molecule has 0 aliphatic heterocycles. The number of rotatable bonds is 7. The first-order valence-electron chi connectivity index (χ1n) is 8.24. The quantitative estimate of drug-likeness (QED) is 0.667. The summed E-state index contributed by atoms with van der Waals surface area (Å²) in [5, 5.41) is 0. The Kier molecular flexibility index (Phi) is 6.71. The first-order chi connectivity index (χ1) is 12.3. The van der Waals surface area contributed by atoms with Gasteiger partial charge in [-0.3, -0.25) is 9.59 Å². The average molecular weight is 399 g/mol. The van der Waals surface area contributed by atoms with E-state index in [1.165, 1.54) is 24.5 Å². The maximum Gasteiger partial charge on any atom is 0.307 e. The number of amides is 1. The second-order valence-electron chi connectivity index (χ2n) is 5.87. The van der Waals surface area contributed by atoms with Gasteiger partial charge in [0.1, 0.15) is 0 Å². The third-order valence-corrected chi connectivity index (χ3v) is 5.97. The van der Waals surface area contributed by atoms with E-state index in [2.05, 4.69) is 9.73 Å². The second-order valence-corrected chi connectivity index (χ2v) is 8.90. The summed E-state index contributed by atoms with van der Waals surface area (Å²) in [6.07, 6.45) is 3.29. The molecule has 0 saturated carbocycles. The normalized spacial score (nSPS) is 12.5. The van der Waals surface area contributed by atoms with E-state index in [9.17, 15) is 18.0 Å². The number of fused-ring (bicyclic) bond motifs is 1. The lowest BCUT2D eigenvalue weighted by Gasteiger charge is -2.05. The Morgan fingerprint density at radius 3 is 2.62 bits per heavy atom. The van der Waals surface area contributed by atoms with Gasteiger partial charge in [-0.05, 0) is 24.6 Å². The van der Waals surface area contributed by atoms with Crippen molar-refractivity contribution in [3.63, 3.8) is 0 Å². The van der Waals surface area contributed by atoms with Crippen LogP contribution in [0.2, 0.25) is 0 Å². The van der Waals surface area contributed by atoms with Crippen molar-refractivity contribution in [2.45, 2.75) is 44.0 Å². The predicted molar refractivity (Wildman–Crippen MR) is 99.7 cm³/mol. The molecular formula is C17H22N2O5S2. The molecule has 26 heavy (non-hydrogen) atoms. The summed E-state index contributed by atoms with van der Waals surface area (Å²) in [6, 6.07) is 4.76. The van der Waals surface area contributed by atoms with Gasteiger partial charge in [-0.1, -0.05) is 24.7 Å². The van der Waals surface area contributed by atoms with E-state index in [-0.39, 0.29) is 23.2 Å². The van der Waals surface area contributed by atoms with Crippen LogP contribution in [0.1, 0.15) is 32.6 Å². The van der Waals surface area contributed by atoms with Crippen LogP contribution in [0.15, 0.2) is 28.1 Å². The number of hydrogen-bond donors (Lipinski definition) is 0. The monoisotopic (exact) mass is 398 g/mol. The number of nitrogens with zero attached hydrogens (tertiary/aromatic N) is 2. The predicted octanol–water partition coefficient (Wildman–Crippen LogP) is 2.29. The molecule has 9 heteroatoms. The number of aryl methyl sites for hydroxylation is 1. The van der Waals surface area contributed by atoms with Gasteiger partial charge in [0, 0.05) is 19.2 Å². The molecule has 0 aliphatic rings. The van der Waals surface area contributed by atoms with E-state index in [1.807, 2.05) is 6.92 Å². The van der Waals surface area contributed by atoms with E-state index >= 15 is 0 Å². The molecule has 1 aromatic carbocycles. The molecule has 1 amide bonds. The Bertz CT molecular complexity index is 986. The van der Waals surface area contributed by atoms with E-state index in [1.54, 1.807) is 16.7 Å². The maximum atomic E-state index is 12.1. The van der Waals surface area contributed by atoms with Gasteiger partial charge in [0.15, 0.2) is 14.6 Å². The molecule has 0 bridgehead atoms. The van der Waals surface area contributed by atoms with Gasteiger partial charge in [0.05, 0.1) is 28.6 Å². The van der Waals surface area contributed by atoms with Crippen LogP contribution in [0, 0.1) is 0 Å². The molecule has 0 atom stereocenters. The minimum Gasteiger partial charge on any atom is -0.469 e. The number of carbonyl (C=O) groups excluding carboxylic acids is 2. The van der Waals surface area contributed by atoms with Gasteiger partial charge in [-0.25, -0.2) is 8.42 Å². The molecule has 0 fully saturated rings. The number of carbonyl (C=O) groups is 2. The Morgan fingerprint density at radius 1 is 1.27 bits per heavy atom. The van der Waals surface area contributed by atoms with Crippen LogP contribution >= 0.6 is 11.3 Å². The number of benzene rings is 1. The number of methoxy groups -OCH3 is 1. The molecule has 0 N–H and O–H groups in total. The largest absolute Gasteiger partial charge is 0.469 e. The van der Waals surface area contributed by atoms with Crippen molar-refractivity contribution in [2.24, 2.45) is 4.99 Å². The van der Waals surface area contributed by atoms with Gasteiger partial charge in [-0.15, -0.1) is 0 Å². The van der Waals surface area contributed by atoms with E-state index in [0.29, 0.717) is 22.5 Å². The van der Waals surface area contributed by atoms with Crippen LogP contribution < -0.4 is 4.80 Å². The topological polar surface area (TPSA) is 94.8 Å². The molecule has 0 spiro atoms. The summed E-state index contributed by atoms with van der Waals surface area (Å²) in [7, 11) is -2.02. The zero-order valence-electron chi connectivity index (χ0n) is 15.0. The second kappa shape index (κ2) is 8.59. The Balaban J connectivity index is 2.54. The van der Waals surface area contributed by atoms with Crippen LogP contribution in [0.3, 0.4) is 0 Å². The highest BCUT2D eigenvalue weighted by Crippen LogP contribution is 2.22. The lowest BCUT2D eigenvalue weighted by Crippen LogP contribution is -2.19. The molecular weight excluding hydrogens is 376 g/mol. The highest BCUT2D eigenvalue weighted by Gasteiger charge is 2.14. The molecule has 2 aromatic rings. The summed E-state index contributed by atoms with van der Waals surface area (Å²) in [4.78, 5) is 28.4. The fourth-order valence-corrected chi connectivity index (χ4v) is 4.22. The maximum absolute atomic E-state index is 12.1. The van der Waals surface area contributed by atoms with Gasteiger partial charge < -0.3 is 9.30 Å². The van der Waals surface area contributed by atoms with Crippen molar-refractivity contribution in [3.8, 4) is 0 Å². The van der Waals surface area contributed by atoms with Crippen molar-refractivity contribution in [2.75, 3.05) is 13.4 Å². The van der Waals surface area contributed by atoms with Crippen molar-refractivity contribution < 1.29 is 22.7 Å². The highest BCUT2D eigenvalue weighted by molar-refractivity contribution is 7.90. The number of aromatic nitrogens is 1. The zero-order valence-corrected chi connectivity index (χ0v) is 16.7. The molecule has 1 aromatic heterocycles. The third-order valence-electron chi connectivity index (χ3n) is 3.81. The Labute approximate surface area is 156 Å². The van der Waals surface area contributed by atoms with Crippen molar-refractivity contribution >= 4 is 43.3 Å². The van der Waals surface area contributed by atoms with E-state index < -0.39 is 9.84 Å². The van der Waals surface area contributed by atoms with Crippen molar-refractivity contribution in [1.82, 2.24) is 4.57 Å². The molecule has 0 aliphatic carbocycles. The van der Waals surface area contributed by atoms with Crippen LogP contribution in [-0.2, 0) is 30.7 Å². The van der Waals surface area contributed by atoms with Crippen molar-refractivity contribution in [3.05, 3.63) is 23.0 Å². The molecule has 1 heterocycles. The highest BCUT2D eigenvalue weighted by atomic mass is 32.2. The molecule has 0 saturated heterocycles. The molecule has 0 radical (unpaired) electrons. The smallest absolute Gasteiger partial charge is 0.307 e.